The largest absolute Gasteiger partial charge is 0.495 e. The lowest BCUT2D eigenvalue weighted by atomic mass is 9.94. The molecule has 3 heterocycles. The van der Waals surface area contributed by atoms with Gasteiger partial charge in [0.1, 0.15) is 23.2 Å². The van der Waals surface area contributed by atoms with E-state index >= 15 is 0 Å². The molecule has 0 saturated carbocycles. The summed E-state index contributed by atoms with van der Waals surface area (Å²) in [6.07, 6.45) is 8.42. The molecule has 1 atom stereocenters. The molecule has 1 aliphatic heterocycles. The maximum absolute atomic E-state index is 6.69. The van der Waals surface area contributed by atoms with Crippen molar-refractivity contribution in [1.29, 1.82) is 0 Å². The van der Waals surface area contributed by atoms with Gasteiger partial charge in [-0.1, -0.05) is 42.3 Å². The molecule has 0 fully saturated rings. The number of ether oxygens (including phenoxy) is 2. The fourth-order valence-corrected chi connectivity index (χ4v) is 4.46. The van der Waals surface area contributed by atoms with Crippen molar-refractivity contribution in [2.75, 3.05) is 12.1 Å². The Balaban J connectivity index is 1.33. The van der Waals surface area contributed by atoms with Crippen LogP contribution in [0.2, 0.25) is 0 Å². The molecule has 2 N–H and O–H groups in total. The van der Waals surface area contributed by atoms with Gasteiger partial charge in [0.25, 0.3) is 0 Å². The summed E-state index contributed by atoms with van der Waals surface area (Å²) >= 11 is 0. The standard InChI is InChI=1S/C31H23N5O2/c1-3-20-8-10-21(11-9-20)29-25-6-4-5-7-26(25)31(32)36(35-29)22-12-14-23(15-13-22)38-28-16-17-33-27-18-24(37-2)19-34-30(27)28/h1,4-19,31H,32H2,2H3. The number of benzene rings is 3. The molecule has 38 heavy (non-hydrogen) atoms. The molecule has 3 aromatic carbocycles. The highest BCUT2D eigenvalue weighted by Gasteiger charge is 2.27. The normalized spacial score (nSPS) is 14.4. The predicted octanol–water partition coefficient (Wildman–Crippen LogP) is 5.64. The van der Waals surface area contributed by atoms with Gasteiger partial charge in [0.2, 0.25) is 0 Å². The number of pyridine rings is 2. The number of hydrogen-bond acceptors (Lipinski definition) is 7. The zero-order valence-corrected chi connectivity index (χ0v) is 20.6. The summed E-state index contributed by atoms with van der Waals surface area (Å²) in [5.41, 5.74) is 13.5. The van der Waals surface area contributed by atoms with Crippen molar-refractivity contribution in [1.82, 2.24) is 9.97 Å². The minimum atomic E-state index is -0.449. The molecule has 184 valence electrons. The highest BCUT2D eigenvalue weighted by atomic mass is 16.5. The Labute approximate surface area is 220 Å². The molecule has 0 bridgehead atoms. The third kappa shape index (κ3) is 4.19. The maximum atomic E-state index is 6.69. The van der Waals surface area contributed by atoms with Gasteiger partial charge in [-0.2, -0.15) is 5.10 Å². The second-order valence-electron chi connectivity index (χ2n) is 8.69. The van der Waals surface area contributed by atoms with E-state index < -0.39 is 6.17 Å². The number of rotatable bonds is 5. The molecule has 2 aromatic heterocycles. The van der Waals surface area contributed by atoms with Crippen LogP contribution in [-0.4, -0.2) is 22.8 Å². The highest BCUT2D eigenvalue weighted by molar-refractivity contribution is 6.15. The van der Waals surface area contributed by atoms with E-state index in [0.717, 1.165) is 33.7 Å². The second kappa shape index (κ2) is 9.69. The lowest BCUT2D eigenvalue weighted by Crippen LogP contribution is -2.36. The number of anilines is 1. The Kier molecular flexibility index (Phi) is 5.92. The van der Waals surface area contributed by atoms with Crippen LogP contribution < -0.4 is 20.2 Å². The smallest absolute Gasteiger partial charge is 0.156 e. The third-order valence-electron chi connectivity index (χ3n) is 6.41. The van der Waals surface area contributed by atoms with Crippen LogP contribution in [0.5, 0.6) is 17.2 Å². The van der Waals surface area contributed by atoms with Crippen molar-refractivity contribution in [2.24, 2.45) is 10.8 Å². The Morgan fingerprint density at radius 2 is 1.71 bits per heavy atom. The Morgan fingerprint density at radius 1 is 0.921 bits per heavy atom. The zero-order valence-electron chi connectivity index (χ0n) is 20.6. The molecule has 1 unspecified atom stereocenters. The summed E-state index contributed by atoms with van der Waals surface area (Å²) in [5.74, 6) is 4.55. The number of nitrogens with zero attached hydrogens (tertiary/aromatic N) is 4. The van der Waals surface area contributed by atoms with Gasteiger partial charge in [0.15, 0.2) is 5.75 Å². The van der Waals surface area contributed by atoms with E-state index in [2.05, 4.69) is 15.9 Å². The van der Waals surface area contributed by atoms with E-state index in [1.165, 1.54) is 0 Å². The fourth-order valence-electron chi connectivity index (χ4n) is 4.46. The summed E-state index contributed by atoms with van der Waals surface area (Å²) in [6, 6.07) is 27.1. The number of aromatic nitrogens is 2. The summed E-state index contributed by atoms with van der Waals surface area (Å²) in [7, 11) is 1.60. The van der Waals surface area contributed by atoms with Crippen molar-refractivity contribution in [2.45, 2.75) is 6.17 Å². The van der Waals surface area contributed by atoms with Gasteiger partial charge in [-0.05, 0) is 36.4 Å². The molecule has 5 aromatic rings. The maximum Gasteiger partial charge on any atom is 0.156 e. The summed E-state index contributed by atoms with van der Waals surface area (Å²) in [6.45, 7) is 0. The molecule has 7 heteroatoms. The average Bonchev–Trinajstić information content (AvgIpc) is 2.98. The van der Waals surface area contributed by atoms with E-state index in [0.29, 0.717) is 28.3 Å². The van der Waals surface area contributed by atoms with Gasteiger partial charge in [-0.25, -0.2) is 9.99 Å². The molecule has 6 rings (SSSR count). The summed E-state index contributed by atoms with van der Waals surface area (Å²) in [4.78, 5) is 8.82. The first kappa shape index (κ1) is 23.2. The van der Waals surface area contributed by atoms with Crippen LogP contribution in [0.4, 0.5) is 5.69 Å². The van der Waals surface area contributed by atoms with Crippen molar-refractivity contribution >= 4 is 22.4 Å². The SMILES string of the molecule is C#Cc1ccc(C2=NN(c3ccc(Oc4ccnc5cc(OC)cnc45)cc3)C(N)c3ccccc32)cc1. The quantitative estimate of drug-likeness (QED) is 0.316. The third-order valence-corrected chi connectivity index (χ3v) is 6.41. The number of nitrogens with two attached hydrogens (primary N) is 1. The van der Waals surface area contributed by atoms with Crippen LogP contribution in [0, 0.1) is 12.3 Å². The average molecular weight is 498 g/mol. The molecule has 0 radical (unpaired) electrons. The minimum absolute atomic E-state index is 0.449. The first-order valence-corrected chi connectivity index (χ1v) is 12.0. The van der Waals surface area contributed by atoms with Crippen LogP contribution >= 0.6 is 0 Å². The lowest BCUT2D eigenvalue weighted by Gasteiger charge is -2.33. The first-order chi connectivity index (χ1) is 18.6. The van der Waals surface area contributed by atoms with Crippen molar-refractivity contribution < 1.29 is 9.47 Å². The van der Waals surface area contributed by atoms with E-state index in [4.69, 9.17) is 26.7 Å². The van der Waals surface area contributed by atoms with Crippen LogP contribution in [0.25, 0.3) is 11.0 Å². The molecule has 0 saturated heterocycles. The van der Waals surface area contributed by atoms with E-state index in [9.17, 15) is 0 Å². The molecule has 0 amide bonds. The Bertz CT molecular complexity index is 1710. The first-order valence-electron chi connectivity index (χ1n) is 12.0. The van der Waals surface area contributed by atoms with Gasteiger partial charge in [0, 0.05) is 40.6 Å². The molecule has 7 nitrogen and oxygen atoms in total. The molecular formula is C31H23N5O2. The van der Waals surface area contributed by atoms with E-state index in [1.807, 2.05) is 83.9 Å². The van der Waals surface area contributed by atoms with Crippen LogP contribution in [0.3, 0.4) is 0 Å². The Hall–Kier alpha value is -5.19. The van der Waals surface area contributed by atoms with Gasteiger partial charge in [-0.3, -0.25) is 4.98 Å². The monoisotopic (exact) mass is 497 g/mol. The van der Waals surface area contributed by atoms with Crippen LogP contribution in [0.15, 0.2) is 102 Å². The van der Waals surface area contributed by atoms with Gasteiger partial charge in [0.05, 0.1) is 30.2 Å². The van der Waals surface area contributed by atoms with Crippen molar-refractivity contribution in [3.05, 3.63) is 120 Å². The topological polar surface area (TPSA) is 85.9 Å². The molecule has 0 spiro atoms. The van der Waals surface area contributed by atoms with Crippen molar-refractivity contribution in [3.63, 3.8) is 0 Å². The number of methoxy groups -OCH3 is 1. The molecular weight excluding hydrogens is 474 g/mol. The Morgan fingerprint density at radius 3 is 2.47 bits per heavy atom. The summed E-state index contributed by atoms with van der Waals surface area (Å²) in [5, 5.41) is 6.80. The van der Waals surface area contributed by atoms with Crippen molar-refractivity contribution in [3.8, 4) is 29.6 Å². The van der Waals surface area contributed by atoms with Gasteiger partial charge < -0.3 is 15.2 Å². The van der Waals surface area contributed by atoms with Crippen LogP contribution in [0.1, 0.15) is 28.4 Å². The van der Waals surface area contributed by atoms with E-state index in [-0.39, 0.29) is 0 Å². The highest BCUT2D eigenvalue weighted by Crippen LogP contribution is 2.35. The molecule has 1 aliphatic rings. The fraction of sp³-hybridized carbons (Fsp3) is 0.0645. The minimum Gasteiger partial charge on any atom is -0.495 e. The van der Waals surface area contributed by atoms with Crippen LogP contribution in [-0.2, 0) is 0 Å². The lowest BCUT2D eigenvalue weighted by molar-refractivity contribution is 0.413. The van der Waals surface area contributed by atoms with Gasteiger partial charge in [-0.15, -0.1) is 6.42 Å². The molecule has 0 aliphatic carbocycles. The number of hydrazone groups is 1. The van der Waals surface area contributed by atoms with Gasteiger partial charge >= 0.3 is 0 Å². The number of fused-ring (bicyclic) bond motifs is 2. The number of hydrogen-bond donors (Lipinski definition) is 1. The predicted molar refractivity (Wildman–Crippen MR) is 148 cm³/mol. The summed E-state index contributed by atoms with van der Waals surface area (Å²) < 4.78 is 11.4. The van der Waals surface area contributed by atoms with E-state index in [1.54, 1.807) is 25.6 Å². The zero-order chi connectivity index (χ0) is 26.1. The second-order valence-corrected chi connectivity index (χ2v) is 8.69. The number of terminal acetylenes is 1.